The quantitative estimate of drug-likeness (QED) is 0.740. The highest BCUT2D eigenvalue weighted by atomic mass is 79.9. The van der Waals surface area contributed by atoms with Gasteiger partial charge in [0.25, 0.3) is 5.91 Å². The molecule has 8 heteroatoms. The van der Waals surface area contributed by atoms with Crippen molar-refractivity contribution in [3.63, 3.8) is 0 Å². The third-order valence-electron chi connectivity index (χ3n) is 2.70. The predicted octanol–water partition coefficient (Wildman–Crippen LogP) is 1.17. The van der Waals surface area contributed by atoms with Gasteiger partial charge in [-0.25, -0.2) is 13.6 Å². The lowest BCUT2D eigenvalue weighted by Crippen LogP contribution is -2.26. The molecule has 6 nitrogen and oxygen atoms in total. The Labute approximate surface area is 126 Å². The Morgan fingerprint density at radius 2 is 2.10 bits per heavy atom. The van der Waals surface area contributed by atoms with E-state index in [4.69, 9.17) is 9.88 Å². The van der Waals surface area contributed by atoms with Crippen molar-refractivity contribution in [2.45, 2.75) is 18.2 Å². The van der Waals surface area contributed by atoms with Crippen molar-refractivity contribution in [2.24, 2.45) is 5.14 Å². The molecule has 1 rings (SSSR count). The molecule has 1 amide bonds. The summed E-state index contributed by atoms with van der Waals surface area (Å²) in [6.07, 6.45) is 0.678. The highest BCUT2D eigenvalue weighted by Crippen LogP contribution is 2.24. The summed E-state index contributed by atoms with van der Waals surface area (Å²) in [4.78, 5) is 12.0. The molecule has 0 unspecified atom stereocenters. The fraction of sp³-hybridized carbons (Fsp3) is 0.417. The Balaban J connectivity index is 2.99. The van der Waals surface area contributed by atoms with Gasteiger partial charge in [-0.1, -0.05) is 15.9 Å². The smallest absolute Gasteiger partial charge is 0.251 e. The van der Waals surface area contributed by atoms with Crippen LogP contribution in [0, 0.1) is 6.92 Å². The number of nitrogens with one attached hydrogen (secondary N) is 1. The van der Waals surface area contributed by atoms with E-state index in [1.54, 1.807) is 14.0 Å². The van der Waals surface area contributed by atoms with Crippen LogP contribution in [0.3, 0.4) is 0 Å². The molecule has 0 saturated heterocycles. The summed E-state index contributed by atoms with van der Waals surface area (Å²) in [6, 6.07) is 2.66. The van der Waals surface area contributed by atoms with Gasteiger partial charge in [0.15, 0.2) is 0 Å². The number of ether oxygens (including phenoxy) is 1. The first-order valence-corrected chi connectivity index (χ1v) is 8.21. The second-order valence-corrected chi connectivity index (χ2v) is 6.64. The first-order chi connectivity index (χ1) is 9.27. The monoisotopic (exact) mass is 364 g/mol. The average Bonchev–Trinajstić information content (AvgIpc) is 2.36. The second-order valence-electron chi connectivity index (χ2n) is 4.22. The van der Waals surface area contributed by atoms with E-state index in [1.165, 1.54) is 12.1 Å². The second kappa shape index (κ2) is 7.16. The summed E-state index contributed by atoms with van der Waals surface area (Å²) in [5.41, 5.74) is 0.933. The van der Waals surface area contributed by atoms with Crippen LogP contribution in [0.4, 0.5) is 0 Å². The van der Waals surface area contributed by atoms with Crippen LogP contribution in [-0.2, 0) is 14.8 Å². The van der Waals surface area contributed by atoms with Gasteiger partial charge in [-0.3, -0.25) is 4.79 Å². The first-order valence-electron chi connectivity index (χ1n) is 5.87. The number of hydrogen-bond acceptors (Lipinski definition) is 4. The largest absolute Gasteiger partial charge is 0.385 e. The molecule has 0 atom stereocenters. The van der Waals surface area contributed by atoms with Gasteiger partial charge in [-0.2, -0.15) is 0 Å². The summed E-state index contributed by atoms with van der Waals surface area (Å²) >= 11 is 3.23. The maximum atomic E-state index is 12.1. The molecule has 0 aliphatic carbocycles. The lowest BCUT2D eigenvalue weighted by molar-refractivity contribution is 0.0947. The molecule has 0 spiro atoms. The number of nitrogens with two attached hydrogens (primary N) is 1. The number of sulfonamides is 1. The lowest BCUT2D eigenvalue weighted by atomic mass is 10.1. The van der Waals surface area contributed by atoms with Crippen molar-refractivity contribution in [3.8, 4) is 0 Å². The zero-order valence-corrected chi connectivity index (χ0v) is 13.7. The van der Waals surface area contributed by atoms with Gasteiger partial charge in [0.2, 0.25) is 10.0 Å². The number of carbonyl (C=O) groups is 1. The summed E-state index contributed by atoms with van der Waals surface area (Å²) in [5.74, 6) is -0.343. The molecule has 0 saturated carbocycles. The van der Waals surface area contributed by atoms with Crippen LogP contribution in [0.1, 0.15) is 22.3 Å². The molecule has 0 aromatic heterocycles. The summed E-state index contributed by atoms with van der Waals surface area (Å²) < 4.78 is 28.2. The first kappa shape index (κ1) is 17.1. The third-order valence-corrected chi connectivity index (χ3v) is 4.42. The highest BCUT2D eigenvalue weighted by Gasteiger charge is 2.17. The number of primary sulfonamides is 1. The van der Waals surface area contributed by atoms with Crippen LogP contribution < -0.4 is 10.5 Å². The number of carbonyl (C=O) groups excluding carboxylic acids is 1. The molecule has 3 N–H and O–H groups in total. The van der Waals surface area contributed by atoms with Crippen LogP contribution >= 0.6 is 15.9 Å². The van der Waals surface area contributed by atoms with Crippen LogP contribution in [0.25, 0.3) is 0 Å². The minimum atomic E-state index is -3.86. The van der Waals surface area contributed by atoms with E-state index in [0.717, 1.165) is 0 Å². The van der Waals surface area contributed by atoms with E-state index in [2.05, 4.69) is 21.2 Å². The fourth-order valence-corrected chi connectivity index (χ4v) is 2.74. The Morgan fingerprint density at radius 1 is 1.45 bits per heavy atom. The van der Waals surface area contributed by atoms with Crippen molar-refractivity contribution in [1.82, 2.24) is 5.32 Å². The SMILES string of the molecule is COCCCNC(=O)c1cc(S(N)(=O)=O)cc(Br)c1C. The molecule has 0 fully saturated rings. The molecule has 20 heavy (non-hydrogen) atoms. The molecule has 0 aliphatic rings. The van der Waals surface area contributed by atoms with E-state index < -0.39 is 10.0 Å². The Morgan fingerprint density at radius 3 is 2.65 bits per heavy atom. The van der Waals surface area contributed by atoms with Gasteiger partial charge in [0.05, 0.1) is 4.90 Å². The number of methoxy groups -OCH3 is 1. The average molecular weight is 365 g/mol. The third kappa shape index (κ3) is 4.55. The normalized spacial score (nSPS) is 11.4. The summed E-state index contributed by atoms with van der Waals surface area (Å²) in [5, 5.41) is 7.79. The van der Waals surface area contributed by atoms with E-state index in [9.17, 15) is 13.2 Å². The number of amides is 1. The summed E-state index contributed by atoms with van der Waals surface area (Å²) in [6.45, 7) is 2.71. The van der Waals surface area contributed by atoms with Crippen molar-refractivity contribution < 1.29 is 17.9 Å². The summed E-state index contributed by atoms with van der Waals surface area (Å²) in [7, 11) is -2.28. The van der Waals surface area contributed by atoms with Crippen molar-refractivity contribution in [3.05, 3.63) is 27.7 Å². The number of benzene rings is 1. The zero-order chi connectivity index (χ0) is 15.3. The van der Waals surface area contributed by atoms with Crippen LogP contribution in [0.15, 0.2) is 21.5 Å². The lowest BCUT2D eigenvalue weighted by Gasteiger charge is -2.11. The van der Waals surface area contributed by atoms with E-state index in [1.807, 2.05) is 0 Å². The maximum Gasteiger partial charge on any atom is 0.251 e. The molecular formula is C12H17BrN2O4S. The molecule has 1 aromatic rings. The Hall–Kier alpha value is -0.960. The van der Waals surface area contributed by atoms with Crippen LogP contribution in [-0.4, -0.2) is 34.6 Å². The van der Waals surface area contributed by atoms with Gasteiger partial charge in [-0.15, -0.1) is 0 Å². The highest BCUT2D eigenvalue weighted by molar-refractivity contribution is 9.10. The topological polar surface area (TPSA) is 98.5 Å². The minimum Gasteiger partial charge on any atom is -0.385 e. The van der Waals surface area contributed by atoms with Crippen LogP contribution in [0.2, 0.25) is 0 Å². The van der Waals surface area contributed by atoms with E-state index in [0.29, 0.717) is 29.6 Å². The molecule has 0 aliphatic heterocycles. The van der Waals surface area contributed by atoms with E-state index >= 15 is 0 Å². The van der Waals surface area contributed by atoms with Gasteiger partial charge in [0, 0.05) is 30.3 Å². The van der Waals surface area contributed by atoms with E-state index in [-0.39, 0.29) is 16.4 Å². The molecule has 112 valence electrons. The molecule has 0 bridgehead atoms. The maximum absolute atomic E-state index is 12.1. The van der Waals surface area contributed by atoms with Crippen LogP contribution in [0.5, 0.6) is 0 Å². The van der Waals surface area contributed by atoms with Crippen molar-refractivity contribution in [2.75, 3.05) is 20.3 Å². The minimum absolute atomic E-state index is 0.1000. The molecule has 0 radical (unpaired) electrons. The number of hydrogen-bond donors (Lipinski definition) is 2. The van der Waals surface area contributed by atoms with Gasteiger partial charge in [0.1, 0.15) is 0 Å². The van der Waals surface area contributed by atoms with Crippen molar-refractivity contribution >= 4 is 31.9 Å². The predicted molar refractivity (Wildman–Crippen MR) is 79.1 cm³/mol. The molecule has 0 heterocycles. The Kier molecular flexibility index (Phi) is 6.12. The molecule has 1 aromatic carbocycles. The Bertz CT molecular complexity index is 602. The van der Waals surface area contributed by atoms with Gasteiger partial charge >= 0.3 is 0 Å². The number of halogens is 1. The number of rotatable bonds is 6. The standard InChI is InChI=1S/C12H17BrN2O4S/c1-8-10(12(16)15-4-3-5-19-2)6-9(7-11(8)13)20(14,17)18/h6-7H,3-5H2,1-2H3,(H,15,16)(H2,14,17,18). The molecular weight excluding hydrogens is 348 g/mol. The van der Waals surface area contributed by atoms with Gasteiger partial charge in [-0.05, 0) is 31.0 Å². The van der Waals surface area contributed by atoms with Gasteiger partial charge < -0.3 is 10.1 Å². The zero-order valence-electron chi connectivity index (χ0n) is 11.3. The van der Waals surface area contributed by atoms with Crippen molar-refractivity contribution in [1.29, 1.82) is 0 Å². The fourth-order valence-electron chi connectivity index (χ4n) is 1.57.